The Hall–Kier alpha value is -1.90. The zero-order chi connectivity index (χ0) is 39.0. The Kier molecular flexibility index (Phi) is 16.9. The molecule has 0 heterocycles. The molecule has 0 spiro atoms. The molecule has 0 fully saturated rings. The van der Waals surface area contributed by atoms with Crippen LogP contribution in [-0.2, 0) is 19.1 Å². The standard InChI is InChI=1S/C33H52F12O4/c1-10-22(25(47)49-19-29(36,37)31(40,41)33(44,45)32(42,43)30(38,39)26(34)35)16-20(2)24(46)48-18-23(21(3)17-28(7,8)9)14-12-11-13-15-27(4,5)6/h20-23,26H,10-19H2,1-9H3. The van der Waals surface area contributed by atoms with Gasteiger partial charge in [-0.2, -0.15) is 43.9 Å². The van der Waals surface area contributed by atoms with Gasteiger partial charge in [0, 0.05) is 0 Å². The van der Waals surface area contributed by atoms with Crippen molar-refractivity contribution in [2.24, 2.45) is 34.5 Å². The van der Waals surface area contributed by atoms with Gasteiger partial charge in [0.1, 0.15) is 0 Å². The highest BCUT2D eigenvalue weighted by atomic mass is 19.4. The molecular formula is C33H52F12O4. The minimum Gasteiger partial charge on any atom is -0.465 e. The Balaban J connectivity index is 5.52. The number of alkyl halides is 12. The molecule has 292 valence electrons. The molecule has 0 amide bonds. The Bertz CT molecular complexity index is 1040. The van der Waals surface area contributed by atoms with Crippen LogP contribution in [0.2, 0.25) is 0 Å². The van der Waals surface area contributed by atoms with Crippen molar-refractivity contribution in [3.63, 3.8) is 0 Å². The summed E-state index contributed by atoms with van der Waals surface area (Å²) in [6.07, 6.45) is -0.728. The summed E-state index contributed by atoms with van der Waals surface area (Å²) in [6, 6.07) is 0. The average molecular weight is 741 g/mol. The normalized spacial score (nSPS) is 16.7. The molecule has 0 aromatic heterocycles. The number of esters is 2. The van der Waals surface area contributed by atoms with Crippen molar-refractivity contribution < 1.29 is 71.7 Å². The van der Waals surface area contributed by atoms with Crippen molar-refractivity contribution in [3.8, 4) is 0 Å². The lowest BCUT2D eigenvalue weighted by Crippen LogP contribution is -2.69. The van der Waals surface area contributed by atoms with Crippen molar-refractivity contribution in [3.05, 3.63) is 0 Å². The molecule has 0 radical (unpaired) electrons. The number of unbranched alkanes of at least 4 members (excludes halogenated alkanes) is 2. The predicted octanol–water partition coefficient (Wildman–Crippen LogP) is 11.3. The summed E-state index contributed by atoms with van der Waals surface area (Å²) in [5.41, 5.74) is 0.189. The molecule has 4 nitrogen and oxygen atoms in total. The summed E-state index contributed by atoms with van der Waals surface area (Å²) >= 11 is 0. The highest BCUT2D eigenvalue weighted by molar-refractivity contribution is 5.75. The van der Waals surface area contributed by atoms with Gasteiger partial charge in [-0.25, -0.2) is 8.78 Å². The summed E-state index contributed by atoms with van der Waals surface area (Å²) in [4.78, 5) is 25.3. The Labute approximate surface area is 281 Å². The molecule has 16 heteroatoms. The third-order valence-corrected chi connectivity index (χ3v) is 8.38. The van der Waals surface area contributed by atoms with Gasteiger partial charge in [0.25, 0.3) is 0 Å². The van der Waals surface area contributed by atoms with E-state index in [-0.39, 0.29) is 35.7 Å². The summed E-state index contributed by atoms with van der Waals surface area (Å²) < 4.78 is 171. The van der Waals surface area contributed by atoms with Crippen LogP contribution in [0.1, 0.15) is 114 Å². The first-order valence-electron chi connectivity index (χ1n) is 16.3. The molecular weight excluding hydrogens is 688 g/mol. The van der Waals surface area contributed by atoms with E-state index in [4.69, 9.17) is 4.74 Å². The lowest BCUT2D eigenvalue weighted by Gasteiger charge is -2.39. The molecule has 49 heavy (non-hydrogen) atoms. The van der Waals surface area contributed by atoms with Gasteiger partial charge in [-0.1, -0.05) is 81.6 Å². The van der Waals surface area contributed by atoms with Gasteiger partial charge in [-0.05, 0) is 54.8 Å². The van der Waals surface area contributed by atoms with Crippen LogP contribution in [0.5, 0.6) is 0 Å². The predicted molar refractivity (Wildman–Crippen MR) is 159 cm³/mol. The third kappa shape index (κ3) is 13.0. The van der Waals surface area contributed by atoms with Crippen molar-refractivity contribution in [1.29, 1.82) is 0 Å². The maximum Gasteiger partial charge on any atom is 0.384 e. The van der Waals surface area contributed by atoms with Gasteiger partial charge in [-0.15, -0.1) is 0 Å². The van der Waals surface area contributed by atoms with Crippen LogP contribution >= 0.6 is 0 Å². The second-order valence-corrected chi connectivity index (χ2v) is 15.5. The van der Waals surface area contributed by atoms with E-state index in [9.17, 15) is 62.3 Å². The summed E-state index contributed by atoms with van der Waals surface area (Å²) in [5, 5.41) is 0. The van der Waals surface area contributed by atoms with E-state index in [0.717, 1.165) is 38.5 Å². The SMILES string of the molecule is CCC(CC(C)C(=O)OCC(CCCCCC(C)(C)C)C(C)CC(C)(C)C)C(=O)OCC(F)(F)C(F)(F)C(F)(F)C(F)(F)C(F)(F)C(F)F. The zero-order valence-electron chi connectivity index (χ0n) is 29.6. The second-order valence-electron chi connectivity index (χ2n) is 15.5. The molecule has 0 N–H and O–H groups in total. The monoisotopic (exact) mass is 740 g/mol. The number of hydrogen-bond donors (Lipinski definition) is 0. The first kappa shape index (κ1) is 47.1. The minimum atomic E-state index is -7.72. The Morgan fingerprint density at radius 2 is 1.20 bits per heavy atom. The second kappa shape index (κ2) is 17.5. The highest BCUT2D eigenvalue weighted by Crippen LogP contribution is 2.58. The summed E-state index contributed by atoms with van der Waals surface area (Å²) in [7, 11) is 0. The fourth-order valence-corrected chi connectivity index (χ4v) is 5.33. The van der Waals surface area contributed by atoms with Crippen LogP contribution in [-0.4, -0.2) is 61.2 Å². The van der Waals surface area contributed by atoms with E-state index >= 15 is 0 Å². The molecule has 0 bridgehead atoms. The smallest absolute Gasteiger partial charge is 0.384 e. The van der Waals surface area contributed by atoms with Gasteiger partial charge in [0.05, 0.1) is 18.4 Å². The fourth-order valence-electron chi connectivity index (χ4n) is 5.33. The topological polar surface area (TPSA) is 52.6 Å². The number of hydrogen-bond acceptors (Lipinski definition) is 4. The lowest BCUT2D eigenvalue weighted by atomic mass is 9.78. The molecule has 0 saturated carbocycles. The van der Waals surface area contributed by atoms with Gasteiger partial charge in [-0.3, -0.25) is 9.59 Å². The van der Waals surface area contributed by atoms with Crippen LogP contribution < -0.4 is 0 Å². The molecule has 0 aromatic carbocycles. The average Bonchev–Trinajstić information content (AvgIpc) is 2.93. The van der Waals surface area contributed by atoms with Crippen molar-refractivity contribution >= 4 is 11.9 Å². The van der Waals surface area contributed by atoms with E-state index in [1.807, 2.05) is 6.92 Å². The van der Waals surface area contributed by atoms with E-state index in [2.05, 4.69) is 46.3 Å². The van der Waals surface area contributed by atoms with E-state index in [1.54, 1.807) is 0 Å². The maximum atomic E-state index is 14.1. The maximum absolute atomic E-state index is 14.1. The number of rotatable bonds is 21. The first-order valence-corrected chi connectivity index (χ1v) is 16.3. The molecule has 0 aliphatic heterocycles. The molecule has 0 aliphatic carbocycles. The fraction of sp³-hybridized carbons (Fsp3) is 0.939. The highest BCUT2D eigenvalue weighted by Gasteiger charge is 2.88. The van der Waals surface area contributed by atoms with Crippen molar-refractivity contribution in [2.75, 3.05) is 13.2 Å². The minimum absolute atomic E-state index is 0.00741. The van der Waals surface area contributed by atoms with Crippen LogP contribution in [0, 0.1) is 34.5 Å². The van der Waals surface area contributed by atoms with Crippen LogP contribution in [0.4, 0.5) is 52.7 Å². The summed E-state index contributed by atoms with van der Waals surface area (Å²) in [6.45, 7) is 14.4. The Morgan fingerprint density at radius 1 is 0.673 bits per heavy atom. The molecule has 4 unspecified atom stereocenters. The first-order chi connectivity index (χ1) is 21.8. The van der Waals surface area contributed by atoms with Crippen molar-refractivity contribution in [2.45, 2.75) is 150 Å². The van der Waals surface area contributed by atoms with Gasteiger partial charge in [0.15, 0.2) is 6.61 Å². The number of carbonyl (C=O) groups excluding carboxylic acids is 2. The number of halogens is 12. The molecule has 0 saturated heterocycles. The van der Waals surface area contributed by atoms with E-state index < -0.39 is 72.8 Å². The number of ether oxygens (including phenoxy) is 2. The van der Waals surface area contributed by atoms with E-state index in [1.165, 1.54) is 13.8 Å². The molecule has 0 aromatic rings. The molecule has 0 rings (SSSR count). The van der Waals surface area contributed by atoms with Crippen molar-refractivity contribution in [1.82, 2.24) is 0 Å². The van der Waals surface area contributed by atoms with Gasteiger partial charge in [0.2, 0.25) is 0 Å². The largest absolute Gasteiger partial charge is 0.465 e. The molecule has 0 aliphatic rings. The number of carbonyl (C=O) groups is 2. The third-order valence-electron chi connectivity index (χ3n) is 8.38. The lowest BCUT2D eigenvalue weighted by molar-refractivity contribution is -0.414. The van der Waals surface area contributed by atoms with E-state index in [0.29, 0.717) is 0 Å². The quantitative estimate of drug-likeness (QED) is 0.0668. The Morgan fingerprint density at radius 3 is 1.65 bits per heavy atom. The molecule has 4 atom stereocenters. The summed E-state index contributed by atoms with van der Waals surface area (Å²) in [5.74, 6) is -41.1. The van der Waals surface area contributed by atoms with Crippen LogP contribution in [0.3, 0.4) is 0 Å². The van der Waals surface area contributed by atoms with Gasteiger partial charge >= 0.3 is 48.0 Å². The van der Waals surface area contributed by atoms with Gasteiger partial charge < -0.3 is 9.47 Å². The van der Waals surface area contributed by atoms with Crippen LogP contribution in [0.15, 0.2) is 0 Å². The van der Waals surface area contributed by atoms with Crippen LogP contribution in [0.25, 0.3) is 0 Å². The zero-order valence-corrected chi connectivity index (χ0v) is 29.6.